The van der Waals surface area contributed by atoms with Crippen molar-refractivity contribution in [2.24, 2.45) is 11.3 Å². The van der Waals surface area contributed by atoms with E-state index in [1.807, 2.05) is 7.05 Å². The number of hydrogen-bond acceptors (Lipinski definition) is 3. The molecule has 0 aromatic carbocycles. The SMILES string of the molecule is COCCN(C)C(=O)C(C)(C)C1CCCNC1. The number of methoxy groups -OCH3 is 1. The van der Waals surface area contributed by atoms with Gasteiger partial charge >= 0.3 is 0 Å². The lowest BCUT2D eigenvalue weighted by atomic mass is 9.74. The van der Waals surface area contributed by atoms with Crippen LogP contribution in [0.5, 0.6) is 0 Å². The fourth-order valence-electron chi connectivity index (χ4n) is 2.46. The number of likely N-dealkylation sites (N-methyl/N-ethyl adjacent to an activating group) is 1. The second-order valence-corrected chi connectivity index (χ2v) is 5.48. The Bertz CT molecular complexity index is 248. The van der Waals surface area contributed by atoms with Crippen molar-refractivity contribution in [1.82, 2.24) is 10.2 Å². The van der Waals surface area contributed by atoms with E-state index in [1.165, 1.54) is 6.42 Å². The maximum absolute atomic E-state index is 12.4. The Morgan fingerprint density at radius 2 is 2.24 bits per heavy atom. The predicted octanol–water partition coefficient (Wildman–Crippen LogP) is 1.12. The Kier molecular flexibility index (Phi) is 5.40. The number of ether oxygens (including phenoxy) is 1. The molecule has 0 radical (unpaired) electrons. The smallest absolute Gasteiger partial charge is 0.228 e. The molecule has 1 aliphatic rings. The molecule has 1 aliphatic heterocycles. The van der Waals surface area contributed by atoms with Crippen molar-refractivity contribution < 1.29 is 9.53 Å². The minimum absolute atomic E-state index is 0.225. The molecule has 0 aromatic heterocycles. The molecule has 1 fully saturated rings. The van der Waals surface area contributed by atoms with Crippen molar-refractivity contribution in [2.45, 2.75) is 26.7 Å². The van der Waals surface area contributed by atoms with Gasteiger partial charge in [0, 0.05) is 26.1 Å². The molecule has 1 amide bonds. The second kappa shape index (κ2) is 6.36. The average molecular weight is 242 g/mol. The van der Waals surface area contributed by atoms with E-state index in [1.54, 1.807) is 12.0 Å². The van der Waals surface area contributed by atoms with Gasteiger partial charge in [0.25, 0.3) is 0 Å². The van der Waals surface area contributed by atoms with Gasteiger partial charge in [-0.05, 0) is 31.8 Å². The van der Waals surface area contributed by atoms with Crippen LogP contribution in [-0.2, 0) is 9.53 Å². The number of carbonyl (C=O) groups excluding carboxylic acids is 1. The fourth-order valence-corrected chi connectivity index (χ4v) is 2.46. The molecule has 0 bridgehead atoms. The number of carbonyl (C=O) groups is 1. The van der Waals surface area contributed by atoms with Crippen LogP contribution in [0.3, 0.4) is 0 Å². The summed E-state index contributed by atoms with van der Waals surface area (Å²) in [6.07, 6.45) is 2.31. The van der Waals surface area contributed by atoms with Crippen LogP contribution in [0.15, 0.2) is 0 Å². The Hall–Kier alpha value is -0.610. The molecule has 1 saturated heterocycles. The lowest BCUT2D eigenvalue weighted by Crippen LogP contribution is -2.48. The molecule has 1 heterocycles. The van der Waals surface area contributed by atoms with Gasteiger partial charge in [-0.1, -0.05) is 13.8 Å². The third kappa shape index (κ3) is 3.68. The Balaban J connectivity index is 2.57. The summed E-state index contributed by atoms with van der Waals surface area (Å²) in [5.41, 5.74) is -0.282. The van der Waals surface area contributed by atoms with E-state index >= 15 is 0 Å². The number of hydrogen-bond donors (Lipinski definition) is 1. The first-order chi connectivity index (χ1) is 8.00. The molecule has 1 rings (SSSR count). The molecule has 4 heteroatoms. The van der Waals surface area contributed by atoms with E-state index < -0.39 is 0 Å². The molecular formula is C13H26N2O2. The van der Waals surface area contributed by atoms with Gasteiger partial charge in [-0.25, -0.2) is 0 Å². The lowest BCUT2D eigenvalue weighted by molar-refractivity contribution is -0.143. The molecule has 0 spiro atoms. The zero-order valence-electron chi connectivity index (χ0n) is 11.6. The molecule has 17 heavy (non-hydrogen) atoms. The van der Waals surface area contributed by atoms with Gasteiger partial charge in [0.05, 0.1) is 6.61 Å². The van der Waals surface area contributed by atoms with Crippen LogP contribution in [-0.4, -0.2) is 51.2 Å². The summed E-state index contributed by atoms with van der Waals surface area (Å²) in [7, 11) is 3.52. The van der Waals surface area contributed by atoms with Crippen LogP contribution >= 0.6 is 0 Å². The lowest BCUT2D eigenvalue weighted by Gasteiger charge is -2.38. The number of amides is 1. The van der Waals surface area contributed by atoms with E-state index in [4.69, 9.17) is 4.74 Å². The van der Waals surface area contributed by atoms with Crippen LogP contribution in [0.1, 0.15) is 26.7 Å². The summed E-state index contributed by atoms with van der Waals surface area (Å²) >= 11 is 0. The van der Waals surface area contributed by atoms with Gasteiger partial charge in [-0.15, -0.1) is 0 Å². The molecule has 1 N–H and O–H groups in total. The summed E-state index contributed by atoms with van der Waals surface area (Å²) in [6, 6.07) is 0. The standard InChI is InChI=1S/C13H26N2O2/c1-13(2,11-6-5-7-14-10-11)12(16)15(3)8-9-17-4/h11,14H,5-10H2,1-4H3. The van der Waals surface area contributed by atoms with E-state index in [2.05, 4.69) is 19.2 Å². The second-order valence-electron chi connectivity index (χ2n) is 5.48. The molecule has 100 valence electrons. The zero-order valence-corrected chi connectivity index (χ0v) is 11.6. The molecule has 4 nitrogen and oxygen atoms in total. The van der Waals surface area contributed by atoms with E-state index in [9.17, 15) is 4.79 Å². The first kappa shape index (κ1) is 14.5. The summed E-state index contributed by atoms with van der Waals surface area (Å²) in [6.45, 7) is 7.43. The molecule has 1 unspecified atom stereocenters. The zero-order chi connectivity index (χ0) is 12.9. The first-order valence-electron chi connectivity index (χ1n) is 6.45. The van der Waals surface area contributed by atoms with Crippen molar-refractivity contribution >= 4 is 5.91 Å². The summed E-state index contributed by atoms with van der Waals surface area (Å²) in [4.78, 5) is 14.2. The average Bonchev–Trinajstić information content (AvgIpc) is 2.36. The van der Waals surface area contributed by atoms with Gasteiger partial charge in [0.2, 0.25) is 5.91 Å². The Morgan fingerprint density at radius 1 is 1.53 bits per heavy atom. The predicted molar refractivity (Wildman–Crippen MR) is 68.9 cm³/mol. The number of rotatable bonds is 5. The highest BCUT2D eigenvalue weighted by Gasteiger charge is 2.38. The van der Waals surface area contributed by atoms with Crippen molar-refractivity contribution in [3.63, 3.8) is 0 Å². The topological polar surface area (TPSA) is 41.6 Å². The van der Waals surface area contributed by atoms with Crippen LogP contribution in [0.4, 0.5) is 0 Å². The summed E-state index contributed by atoms with van der Waals surface area (Å²) in [5, 5.41) is 3.38. The minimum Gasteiger partial charge on any atom is -0.383 e. The monoisotopic (exact) mass is 242 g/mol. The van der Waals surface area contributed by atoms with E-state index in [0.717, 1.165) is 19.5 Å². The highest BCUT2D eigenvalue weighted by molar-refractivity contribution is 5.82. The van der Waals surface area contributed by atoms with Gasteiger partial charge in [0.15, 0.2) is 0 Å². The molecule has 0 aromatic rings. The highest BCUT2D eigenvalue weighted by atomic mass is 16.5. The Labute approximate surface area is 105 Å². The third-order valence-electron chi connectivity index (χ3n) is 3.85. The van der Waals surface area contributed by atoms with E-state index in [0.29, 0.717) is 19.1 Å². The number of piperidine rings is 1. The summed E-state index contributed by atoms with van der Waals surface area (Å²) < 4.78 is 5.01. The van der Waals surface area contributed by atoms with Crippen LogP contribution < -0.4 is 5.32 Å². The minimum atomic E-state index is -0.282. The van der Waals surface area contributed by atoms with Crippen molar-refractivity contribution in [3.05, 3.63) is 0 Å². The van der Waals surface area contributed by atoms with Crippen LogP contribution in [0, 0.1) is 11.3 Å². The Morgan fingerprint density at radius 3 is 2.76 bits per heavy atom. The number of nitrogens with zero attached hydrogens (tertiary/aromatic N) is 1. The van der Waals surface area contributed by atoms with Gasteiger partial charge < -0.3 is 15.0 Å². The quantitative estimate of drug-likeness (QED) is 0.785. The summed E-state index contributed by atoms with van der Waals surface area (Å²) in [5.74, 6) is 0.664. The highest BCUT2D eigenvalue weighted by Crippen LogP contribution is 2.33. The van der Waals surface area contributed by atoms with Crippen LogP contribution in [0.2, 0.25) is 0 Å². The van der Waals surface area contributed by atoms with Crippen molar-refractivity contribution in [2.75, 3.05) is 40.4 Å². The van der Waals surface area contributed by atoms with Crippen molar-refractivity contribution in [1.29, 1.82) is 0 Å². The normalized spacial score (nSPS) is 21.3. The van der Waals surface area contributed by atoms with Gasteiger partial charge in [-0.3, -0.25) is 4.79 Å². The fraction of sp³-hybridized carbons (Fsp3) is 0.923. The molecule has 0 saturated carbocycles. The van der Waals surface area contributed by atoms with E-state index in [-0.39, 0.29) is 11.3 Å². The maximum Gasteiger partial charge on any atom is 0.228 e. The number of nitrogens with one attached hydrogen (secondary N) is 1. The largest absolute Gasteiger partial charge is 0.383 e. The third-order valence-corrected chi connectivity index (χ3v) is 3.85. The van der Waals surface area contributed by atoms with Crippen molar-refractivity contribution in [3.8, 4) is 0 Å². The first-order valence-corrected chi connectivity index (χ1v) is 6.45. The molecule has 0 aliphatic carbocycles. The van der Waals surface area contributed by atoms with Gasteiger partial charge in [-0.2, -0.15) is 0 Å². The van der Waals surface area contributed by atoms with Gasteiger partial charge in [0.1, 0.15) is 0 Å². The van der Waals surface area contributed by atoms with Crippen LogP contribution in [0.25, 0.3) is 0 Å². The maximum atomic E-state index is 12.4. The molecular weight excluding hydrogens is 216 g/mol. The molecule has 1 atom stereocenters.